The van der Waals surface area contributed by atoms with Crippen LogP contribution in [0.2, 0.25) is 5.02 Å². The number of aromatic nitrogens is 1. The molecule has 4 nitrogen and oxygen atoms in total. The van der Waals surface area contributed by atoms with Gasteiger partial charge < -0.3 is 9.88 Å². The molecule has 0 aliphatic rings. The molecule has 5 heteroatoms. The second kappa shape index (κ2) is 6.76. The maximum Gasteiger partial charge on any atom is 0.239 e. The predicted molar refractivity (Wildman–Crippen MR) is 85.7 cm³/mol. The Bertz CT molecular complexity index is 707. The van der Waals surface area contributed by atoms with Crippen molar-refractivity contribution in [1.29, 1.82) is 0 Å². The van der Waals surface area contributed by atoms with Crippen molar-refractivity contribution >= 4 is 28.4 Å². The van der Waals surface area contributed by atoms with E-state index in [0.717, 1.165) is 6.42 Å². The van der Waals surface area contributed by atoms with Gasteiger partial charge in [0.15, 0.2) is 5.43 Å². The maximum atomic E-state index is 12.0. The van der Waals surface area contributed by atoms with Gasteiger partial charge in [0.1, 0.15) is 6.54 Å². The van der Waals surface area contributed by atoms with Gasteiger partial charge in [-0.1, -0.05) is 25.4 Å². The molecule has 0 saturated carbocycles. The molecule has 0 fully saturated rings. The summed E-state index contributed by atoms with van der Waals surface area (Å²) in [5, 5.41) is 4.00. The number of hydrogen-bond acceptors (Lipinski definition) is 2. The van der Waals surface area contributed by atoms with E-state index >= 15 is 0 Å². The van der Waals surface area contributed by atoms with Crippen molar-refractivity contribution < 1.29 is 4.79 Å². The zero-order valence-electron chi connectivity index (χ0n) is 12.2. The Morgan fingerprint density at radius 2 is 2.10 bits per heavy atom. The highest BCUT2D eigenvalue weighted by Crippen LogP contribution is 2.16. The highest BCUT2D eigenvalue weighted by Gasteiger charge is 2.07. The minimum Gasteiger partial charge on any atom is -0.355 e. The van der Waals surface area contributed by atoms with Gasteiger partial charge in [-0.05, 0) is 30.5 Å². The quantitative estimate of drug-likeness (QED) is 0.923. The summed E-state index contributed by atoms with van der Waals surface area (Å²) >= 11 is 5.98. The monoisotopic (exact) mass is 306 g/mol. The number of hydrogen-bond donors (Lipinski definition) is 1. The number of nitrogens with one attached hydrogen (secondary N) is 1. The standard InChI is InChI=1S/C16H19ClN2O2/c1-11(2)5-7-18-16(21)10-19-8-6-15(20)13-4-3-12(17)9-14(13)19/h3-4,6,8-9,11H,5,7,10H2,1-2H3,(H,18,21). The highest BCUT2D eigenvalue weighted by molar-refractivity contribution is 6.31. The molecular formula is C16H19ClN2O2. The van der Waals surface area contributed by atoms with Crippen molar-refractivity contribution in [1.82, 2.24) is 9.88 Å². The van der Waals surface area contributed by atoms with Crippen LogP contribution in [0.15, 0.2) is 35.3 Å². The number of pyridine rings is 1. The van der Waals surface area contributed by atoms with E-state index in [2.05, 4.69) is 19.2 Å². The Morgan fingerprint density at radius 1 is 1.33 bits per heavy atom. The average Bonchev–Trinajstić information content (AvgIpc) is 2.41. The fourth-order valence-corrected chi connectivity index (χ4v) is 2.29. The Balaban J connectivity index is 2.19. The molecular weight excluding hydrogens is 288 g/mol. The van der Waals surface area contributed by atoms with E-state index in [4.69, 9.17) is 11.6 Å². The molecule has 0 aliphatic carbocycles. The molecule has 0 bridgehead atoms. The number of carbonyl (C=O) groups excluding carboxylic acids is 1. The third kappa shape index (κ3) is 4.08. The maximum absolute atomic E-state index is 12.0. The highest BCUT2D eigenvalue weighted by atomic mass is 35.5. The Kier molecular flexibility index (Phi) is 5.02. The lowest BCUT2D eigenvalue weighted by Gasteiger charge is -2.12. The van der Waals surface area contributed by atoms with Crippen molar-refractivity contribution in [3.05, 3.63) is 45.7 Å². The van der Waals surface area contributed by atoms with E-state index in [9.17, 15) is 9.59 Å². The van der Waals surface area contributed by atoms with Crippen LogP contribution in [0.25, 0.3) is 10.9 Å². The SMILES string of the molecule is CC(C)CCNC(=O)Cn1ccc(=O)c2ccc(Cl)cc21. The summed E-state index contributed by atoms with van der Waals surface area (Å²) in [6, 6.07) is 6.54. The van der Waals surface area contributed by atoms with E-state index in [1.807, 2.05) is 0 Å². The summed E-state index contributed by atoms with van der Waals surface area (Å²) in [5.41, 5.74) is 0.604. The number of rotatable bonds is 5. The number of amides is 1. The van der Waals surface area contributed by atoms with E-state index < -0.39 is 0 Å². The number of nitrogens with zero attached hydrogens (tertiary/aromatic N) is 1. The zero-order chi connectivity index (χ0) is 15.4. The van der Waals surface area contributed by atoms with Gasteiger partial charge in [0.25, 0.3) is 0 Å². The molecule has 2 rings (SSSR count). The Morgan fingerprint density at radius 3 is 2.81 bits per heavy atom. The van der Waals surface area contributed by atoms with Crippen LogP contribution in [0, 0.1) is 5.92 Å². The average molecular weight is 307 g/mol. The lowest BCUT2D eigenvalue weighted by atomic mass is 10.1. The van der Waals surface area contributed by atoms with Gasteiger partial charge in [-0.2, -0.15) is 0 Å². The zero-order valence-corrected chi connectivity index (χ0v) is 13.0. The molecule has 1 aromatic carbocycles. The third-order valence-electron chi connectivity index (χ3n) is 3.30. The van der Waals surface area contributed by atoms with Crippen LogP contribution in [0.5, 0.6) is 0 Å². The normalized spacial score (nSPS) is 11.0. The minimum atomic E-state index is -0.0712. The largest absolute Gasteiger partial charge is 0.355 e. The summed E-state index contributed by atoms with van der Waals surface area (Å²) in [5.74, 6) is 0.484. The van der Waals surface area contributed by atoms with E-state index in [1.54, 1.807) is 29.0 Å². The summed E-state index contributed by atoms with van der Waals surface area (Å²) < 4.78 is 1.74. The molecule has 1 aromatic heterocycles. The molecule has 0 spiro atoms. The van der Waals surface area contributed by atoms with E-state index in [0.29, 0.717) is 28.4 Å². The molecule has 0 aliphatic heterocycles. The second-order valence-electron chi connectivity index (χ2n) is 5.50. The summed E-state index contributed by atoms with van der Waals surface area (Å²) in [6.45, 7) is 5.07. The molecule has 0 unspecified atom stereocenters. The van der Waals surface area contributed by atoms with Crippen LogP contribution in [0.4, 0.5) is 0 Å². The summed E-state index contributed by atoms with van der Waals surface area (Å²) in [7, 11) is 0. The molecule has 0 saturated heterocycles. The van der Waals surface area contributed by atoms with E-state index in [-0.39, 0.29) is 17.9 Å². The van der Waals surface area contributed by atoms with Crippen LogP contribution >= 0.6 is 11.6 Å². The molecule has 112 valence electrons. The molecule has 1 heterocycles. The van der Waals surface area contributed by atoms with Crippen molar-refractivity contribution in [2.75, 3.05) is 6.54 Å². The van der Waals surface area contributed by atoms with Gasteiger partial charge in [-0.15, -0.1) is 0 Å². The number of fused-ring (bicyclic) bond motifs is 1. The first kappa shape index (κ1) is 15.6. The van der Waals surface area contributed by atoms with Crippen molar-refractivity contribution in [3.8, 4) is 0 Å². The number of benzene rings is 1. The number of halogens is 1. The van der Waals surface area contributed by atoms with Gasteiger partial charge in [0, 0.05) is 29.2 Å². The molecule has 21 heavy (non-hydrogen) atoms. The van der Waals surface area contributed by atoms with Crippen molar-refractivity contribution in [3.63, 3.8) is 0 Å². The van der Waals surface area contributed by atoms with Gasteiger partial charge in [-0.3, -0.25) is 9.59 Å². The predicted octanol–water partition coefficient (Wildman–Crippen LogP) is 2.82. The van der Waals surface area contributed by atoms with Crippen LogP contribution in [0.3, 0.4) is 0 Å². The first-order valence-corrected chi connectivity index (χ1v) is 7.40. The number of carbonyl (C=O) groups is 1. The molecule has 0 atom stereocenters. The Hall–Kier alpha value is -1.81. The van der Waals surface area contributed by atoms with Crippen LogP contribution in [-0.4, -0.2) is 17.0 Å². The van der Waals surface area contributed by atoms with Gasteiger partial charge in [0.2, 0.25) is 5.91 Å². The Labute approximate surface area is 128 Å². The van der Waals surface area contributed by atoms with Gasteiger partial charge >= 0.3 is 0 Å². The minimum absolute atomic E-state index is 0.0689. The lowest BCUT2D eigenvalue weighted by molar-refractivity contribution is -0.121. The van der Waals surface area contributed by atoms with E-state index in [1.165, 1.54) is 6.07 Å². The smallest absolute Gasteiger partial charge is 0.239 e. The molecule has 2 aromatic rings. The third-order valence-corrected chi connectivity index (χ3v) is 3.53. The summed E-state index contributed by atoms with van der Waals surface area (Å²) in [4.78, 5) is 23.8. The fraction of sp³-hybridized carbons (Fsp3) is 0.375. The van der Waals surface area contributed by atoms with Crippen LogP contribution in [0.1, 0.15) is 20.3 Å². The fourth-order valence-electron chi connectivity index (χ4n) is 2.13. The van der Waals surface area contributed by atoms with Gasteiger partial charge in [-0.25, -0.2) is 0 Å². The van der Waals surface area contributed by atoms with Gasteiger partial charge in [0.05, 0.1) is 5.52 Å². The first-order chi connectivity index (χ1) is 9.97. The second-order valence-corrected chi connectivity index (χ2v) is 5.94. The van der Waals surface area contributed by atoms with Crippen LogP contribution in [-0.2, 0) is 11.3 Å². The summed E-state index contributed by atoms with van der Waals surface area (Å²) in [6.07, 6.45) is 2.57. The molecule has 1 amide bonds. The molecule has 1 N–H and O–H groups in total. The molecule has 0 radical (unpaired) electrons. The lowest BCUT2D eigenvalue weighted by Crippen LogP contribution is -2.29. The van der Waals surface area contributed by atoms with Crippen molar-refractivity contribution in [2.24, 2.45) is 5.92 Å². The van der Waals surface area contributed by atoms with Crippen LogP contribution < -0.4 is 10.7 Å². The first-order valence-electron chi connectivity index (χ1n) is 7.03. The van der Waals surface area contributed by atoms with Crippen molar-refractivity contribution in [2.45, 2.75) is 26.8 Å². The topological polar surface area (TPSA) is 51.1 Å².